The third kappa shape index (κ3) is 5.47. The Morgan fingerprint density at radius 1 is 1.29 bits per heavy atom. The van der Waals surface area contributed by atoms with Gasteiger partial charge in [-0.1, -0.05) is 19.8 Å². The number of halogens is 2. The molecule has 5 heteroatoms. The summed E-state index contributed by atoms with van der Waals surface area (Å²) in [5.74, 6) is -3.06. The molecule has 0 aliphatic carbocycles. The van der Waals surface area contributed by atoms with Crippen LogP contribution in [0.2, 0.25) is 0 Å². The van der Waals surface area contributed by atoms with Gasteiger partial charge in [0.1, 0.15) is 6.10 Å². The summed E-state index contributed by atoms with van der Waals surface area (Å²) < 4.78 is 26.3. The van der Waals surface area contributed by atoms with Crippen molar-refractivity contribution in [3.8, 4) is 0 Å². The second-order valence-corrected chi connectivity index (χ2v) is 3.62. The first kappa shape index (κ1) is 13.7. The van der Waals surface area contributed by atoms with Gasteiger partial charge in [0.15, 0.2) is 0 Å². The van der Waals surface area contributed by atoms with E-state index in [0.717, 1.165) is 6.42 Å². The van der Waals surface area contributed by atoms with Gasteiger partial charge in [-0.25, -0.2) is 8.78 Å². The third-order valence-electron chi connectivity index (χ3n) is 2.13. The van der Waals surface area contributed by atoms with Crippen LogP contribution in [-0.4, -0.2) is 23.3 Å². The number of unbranched alkanes of at least 4 members (excludes halogenated alkanes) is 1. The molecule has 0 heterocycles. The molecule has 0 aromatic carbocycles. The SMILES string of the molecule is CCCCC(O)C(F)(F)CCC(N)N. The molecule has 1 unspecified atom stereocenters. The Balaban J connectivity index is 3.89. The van der Waals surface area contributed by atoms with Crippen LogP contribution in [0.4, 0.5) is 8.78 Å². The summed E-state index contributed by atoms with van der Waals surface area (Å²) in [6, 6.07) is 0. The molecule has 0 aromatic heterocycles. The molecule has 86 valence electrons. The van der Waals surface area contributed by atoms with Gasteiger partial charge in [0.25, 0.3) is 5.92 Å². The highest BCUT2D eigenvalue weighted by Crippen LogP contribution is 2.27. The molecular weight excluding hydrogens is 190 g/mol. The summed E-state index contributed by atoms with van der Waals surface area (Å²) in [7, 11) is 0. The van der Waals surface area contributed by atoms with Crippen LogP contribution in [0.25, 0.3) is 0 Å². The van der Waals surface area contributed by atoms with Gasteiger partial charge in [-0.15, -0.1) is 0 Å². The lowest BCUT2D eigenvalue weighted by Gasteiger charge is -2.23. The van der Waals surface area contributed by atoms with E-state index in [1.807, 2.05) is 6.92 Å². The number of rotatable bonds is 7. The van der Waals surface area contributed by atoms with E-state index in [-0.39, 0.29) is 12.8 Å². The highest BCUT2D eigenvalue weighted by atomic mass is 19.3. The zero-order valence-electron chi connectivity index (χ0n) is 8.55. The second kappa shape index (κ2) is 6.27. The Bertz CT molecular complexity index is 154. The fraction of sp³-hybridized carbons (Fsp3) is 1.00. The molecule has 0 aromatic rings. The van der Waals surface area contributed by atoms with E-state index in [1.54, 1.807) is 0 Å². The lowest BCUT2D eigenvalue weighted by Crippen LogP contribution is -2.38. The van der Waals surface area contributed by atoms with Crippen molar-refractivity contribution in [2.45, 2.75) is 57.2 Å². The fourth-order valence-electron chi connectivity index (χ4n) is 1.13. The minimum atomic E-state index is -3.06. The van der Waals surface area contributed by atoms with Crippen LogP contribution in [0.1, 0.15) is 39.0 Å². The first-order valence-corrected chi connectivity index (χ1v) is 4.97. The van der Waals surface area contributed by atoms with Gasteiger partial charge in [0.05, 0.1) is 6.17 Å². The van der Waals surface area contributed by atoms with E-state index >= 15 is 0 Å². The first-order valence-electron chi connectivity index (χ1n) is 4.97. The van der Waals surface area contributed by atoms with Gasteiger partial charge in [-0.2, -0.15) is 0 Å². The maximum Gasteiger partial charge on any atom is 0.273 e. The number of hydrogen-bond acceptors (Lipinski definition) is 3. The molecule has 1 atom stereocenters. The molecule has 0 saturated heterocycles. The molecule has 0 aliphatic heterocycles. The monoisotopic (exact) mass is 210 g/mol. The molecular formula is C9H20F2N2O. The van der Waals surface area contributed by atoms with Gasteiger partial charge in [-0.3, -0.25) is 0 Å². The summed E-state index contributed by atoms with van der Waals surface area (Å²) in [5.41, 5.74) is 10.3. The van der Waals surface area contributed by atoms with E-state index in [2.05, 4.69) is 0 Å². The van der Waals surface area contributed by atoms with Gasteiger partial charge in [0.2, 0.25) is 0 Å². The lowest BCUT2D eigenvalue weighted by molar-refractivity contribution is -0.118. The largest absolute Gasteiger partial charge is 0.387 e. The van der Waals surface area contributed by atoms with Crippen molar-refractivity contribution in [2.24, 2.45) is 11.5 Å². The molecule has 0 aliphatic rings. The van der Waals surface area contributed by atoms with Gasteiger partial charge in [0, 0.05) is 6.42 Å². The van der Waals surface area contributed by atoms with Gasteiger partial charge in [-0.05, 0) is 12.8 Å². The number of aliphatic hydroxyl groups is 1. The Kier molecular flexibility index (Phi) is 6.15. The zero-order chi connectivity index (χ0) is 11.2. The average Bonchev–Trinajstić information content (AvgIpc) is 2.11. The predicted octanol–water partition coefficient (Wildman–Crippen LogP) is 1.20. The van der Waals surface area contributed by atoms with Crippen molar-refractivity contribution in [1.29, 1.82) is 0 Å². The standard InChI is InChI=1S/C9H20F2N2O/c1-2-3-4-7(14)9(10,11)6-5-8(12)13/h7-8,14H,2-6,12-13H2,1H3. The maximum atomic E-state index is 13.1. The van der Waals surface area contributed by atoms with Crippen molar-refractivity contribution in [1.82, 2.24) is 0 Å². The summed E-state index contributed by atoms with van der Waals surface area (Å²) in [6.07, 6.45) is -1.20. The fourth-order valence-corrected chi connectivity index (χ4v) is 1.13. The molecule has 0 fully saturated rings. The quantitative estimate of drug-likeness (QED) is 0.553. The van der Waals surface area contributed by atoms with Crippen LogP contribution < -0.4 is 11.5 Å². The lowest BCUT2D eigenvalue weighted by atomic mass is 10.0. The summed E-state index contributed by atoms with van der Waals surface area (Å²) in [6.45, 7) is 1.89. The van der Waals surface area contributed by atoms with Crippen molar-refractivity contribution in [3.05, 3.63) is 0 Å². The van der Waals surface area contributed by atoms with Crippen molar-refractivity contribution in [2.75, 3.05) is 0 Å². The van der Waals surface area contributed by atoms with E-state index in [0.29, 0.717) is 6.42 Å². The molecule has 5 N–H and O–H groups in total. The topological polar surface area (TPSA) is 72.3 Å². The minimum absolute atomic E-state index is 0.0240. The zero-order valence-corrected chi connectivity index (χ0v) is 8.55. The van der Waals surface area contributed by atoms with Crippen LogP contribution in [0.3, 0.4) is 0 Å². The predicted molar refractivity (Wildman–Crippen MR) is 51.9 cm³/mol. The molecule has 0 bridgehead atoms. The van der Waals surface area contributed by atoms with E-state index in [4.69, 9.17) is 11.5 Å². The minimum Gasteiger partial charge on any atom is -0.387 e. The number of nitrogens with two attached hydrogens (primary N) is 2. The molecule has 0 rings (SSSR count). The normalized spacial score (nSPS) is 14.8. The summed E-state index contributed by atoms with van der Waals surface area (Å²) in [5, 5.41) is 9.19. The van der Waals surface area contributed by atoms with E-state index in [1.165, 1.54) is 0 Å². The molecule has 14 heavy (non-hydrogen) atoms. The molecule has 0 saturated carbocycles. The molecule has 3 nitrogen and oxygen atoms in total. The first-order chi connectivity index (χ1) is 6.40. The van der Waals surface area contributed by atoms with E-state index < -0.39 is 24.6 Å². The van der Waals surface area contributed by atoms with Crippen molar-refractivity contribution >= 4 is 0 Å². The number of aliphatic hydroxyl groups excluding tert-OH is 1. The Hall–Kier alpha value is -0.260. The van der Waals surface area contributed by atoms with Crippen LogP contribution in [0.5, 0.6) is 0 Å². The van der Waals surface area contributed by atoms with Crippen LogP contribution in [0.15, 0.2) is 0 Å². The van der Waals surface area contributed by atoms with Crippen LogP contribution in [-0.2, 0) is 0 Å². The average molecular weight is 210 g/mol. The Morgan fingerprint density at radius 3 is 2.29 bits per heavy atom. The number of hydrogen-bond donors (Lipinski definition) is 3. The molecule has 0 radical (unpaired) electrons. The van der Waals surface area contributed by atoms with Gasteiger partial charge < -0.3 is 16.6 Å². The molecule has 0 amide bonds. The second-order valence-electron chi connectivity index (χ2n) is 3.62. The van der Waals surface area contributed by atoms with Crippen LogP contribution >= 0.6 is 0 Å². The highest BCUT2D eigenvalue weighted by Gasteiger charge is 2.37. The maximum absolute atomic E-state index is 13.1. The van der Waals surface area contributed by atoms with Crippen LogP contribution in [0, 0.1) is 0 Å². The van der Waals surface area contributed by atoms with Crippen molar-refractivity contribution in [3.63, 3.8) is 0 Å². The number of alkyl halides is 2. The van der Waals surface area contributed by atoms with Gasteiger partial charge >= 0.3 is 0 Å². The highest BCUT2D eigenvalue weighted by molar-refractivity contribution is 4.77. The summed E-state index contributed by atoms with van der Waals surface area (Å²) >= 11 is 0. The van der Waals surface area contributed by atoms with Crippen molar-refractivity contribution < 1.29 is 13.9 Å². The Morgan fingerprint density at radius 2 is 1.86 bits per heavy atom. The summed E-state index contributed by atoms with van der Waals surface area (Å²) in [4.78, 5) is 0. The van der Waals surface area contributed by atoms with E-state index in [9.17, 15) is 13.9 Å². The molecule has 0 spiro atoms. The smallest absolute Gasteiger partial charge is 0.273 e. The Labute approximate surface area is 83.5 Å². The third-order valence-corrected chi connectivity index (χ3v) is 2.13.